The predicted molar refractivity (Wildman–Crippen MR) is 209 cm³/mol. The number of fused-ring (bicyclic) bond motifs is 1. The van der Waals surface area contributed by atoms with Crippen LogP contribution in [0.2, 0.25) is 10.0 Å². The maximum atomic E-state index is 15.3. The van der Waals surface area contributed by atoms with Crippen molar-refractivity contribution in [1.29, 1.82) is 0 Å². The molecular formula is C38H32Cl2FN6O7P. The largest absolute Gasteiger partial charge is 0.488 e. The summed E-state index contributed by atoms with van der Waals surface area (Å²) in [6.07, 6.45) is 1.24. The quantitative estimate of drug-likeness (QED) is 0.0835. The summed E-state index contributed by atoms with van der Waals surface area (Å²) < 4.78 is 21.3. The van der Waals surface area contributed by atoms with Crippen LogP contribution in [0.15, 0.2) is 97.2 Å². The molecule has 0 aliphatic carbocycles. The zero-order valence-electron chi connectivity index (χ0n) is 29.0. The molecule has 4 aromatic carbocycles. The molecule has 1 aromatic heterocycles. The Labute approximate surface area is 326 Å². The van der Waals surface area contributed by atoms with Crippen molar-refractivity contribution in [1.82, 2.24) is 15.2 Å². The molecule has 55 heavy (non-hydrogen) atoms. The van der Waals surface area contributed by atoms with Crippen LogP contribution in [-0.2, 0) is 16.2 Å². The lowest BCUT2D eigenvalue weighted by molar-refractivity contribution is -0.384. The van der Waals surface area contributed by atoms with Gasteiger partial charge in [0.15, 0.2) is 0 Å². The van der Waals surface area contributed by atoms with Crippen LogP contribution in [0.3, 0.4) is 0 Å². The lowest BCUT2D eigenvalue weighted by Crippen LogP contribution is -2.49. The lowest BCUT2D eigenvalue weighted by atomic mass is 10.1. The van der Waals surface area contributed by atoms with Gasteiger partial charge in [0, 0.05) is 47.9 Å². The average Bonchev–Trinajstić information content (AvgIpc) is 3.51. The molecule has 2 N–H and O–H groups in total. The van der Waals surface area contributed by atoms with E-state index in [4.69, 9.17) is 27.9 Å². The minimum absolute atomic E-state index is 0.0154. The summed E-state index contributed by atoms with van der Waals surface area (Å²) in [5, 5.41) is 15.2. The lowest BCUT2D eigenvalue weighted by Gasteiger charge is -2.28. The third kappa shape index (κ3) is 9.00. The molecule has 1 fully saturated rings. The summed E-state index contributed by atoms with van der Waals surface area (Å²) in [5.74, 6) is -2.06. The van der Waals surface area contributed by atoms with Crippen molar-refractivity contribution in [3.8, 4) is 5.75 Å². The van der Waals surface area contributed by atoms with Gasteiger partial charge in [0.25, 0.3) is 17.5 Å². The van der Waals surface area contributed by atoms with Crippen molar-refractivity contribution in [2.45, 2.75) is 24.5 Å². The molecule has 4 amide bonds. The van der Waals surface area contributed by atoms with E-state index in [-0.39, 0.29) is 52.3 Å². The molecule has 0 radical (unpaired) electrons. The first kappa shape index (κ1) is 39.0. The van der Waals surface area contributed by atoms with E-state index in [2.05, 4.69) is 24.9 Å². The molecule has 17 heteroatoms. The summed E-state index contributed by atoms with van der Waals surface area (Å²) in [5.41, 5.74) is 2.09. The molecule has 1 aliphatic rings. The molecule has 3 atom stereocenters. The van der Waals surface area contributed by atoms with Crippen LogP contribution in [0.1, 0.15) is 32.7 Å². The summed E-state index contributed by atoms with van der Waals surface area (Å²) in [7, 11) is 3.59. The van der Waals surface area contributed by atoms with Crippen molar-refractivity contribution < 1.29 is 33.2 Å². The Morgan fingerprint density at radius 1 is 1.02 bits per heavy atom. The van der Waals surface area contributed by atoms with E-state index in [0.29, 0.717) is 27.7 Å². The Bertz CT molecular complexity index is 2330. The van der Waals surface area contributed by atoms with Crippen molar-refractivity contribution in [3.05, 3.63) is 134 Å². The smallest absolute Gasteiger partial charge is 0.271 e. The number of nitrogens with one attached hydrogen (secondary N) is 2. The van der Waals surface area contributed by atoms with Gasteiger partial charge in [-0.1, -0.05) is 62.8 Å². The molecule has 282 valence electrons. The molecule has 5 aromatic rings. The highest BCUT2D eigenvalue weighted by Gasteiger charge is 2.47. The Kier molecular flexibility index (Phi) is 11.6. The van der Waals surface area contributed by atoms with Crippen molar-refractivity contribution in [2.24, 2.45) is 0 Å². The van der Waals surface area contributed by atoms with Crippen molar-refractivity contribution in [2.75, 3.05) is 30.4 Å². The van der Waals surface area contributed by atoms with Crippen molar-refractivity contribution >= 4 is 84.0 Å². The van der Waals surface area contributed by atoms with Crippen LogP contribution in [0, 0.1) is 10.1 Å². The number of aromatic nitrogens is 1. The molecule has 13 nitrogen and oxygen atoms in total. The monoisotopic (exact) mass is 804 g/mol. The number of likely N-dealkylation sites (N-methyl/N-ethyl adjacent to an activating group) is 1. The number of anilines is 2. The Hall–Kier alpha value is -5.69. The molecular weight excluding hydrogens is 773 g/mol. The van der Waals surface area contributed by atoms with Gasteiger partial charge in [0.2, 0.25) is 11.8 Å². The molecule has 1 saturated heterocycles. The fraction of sp³-hybridized carbons (Fsp3) is 0.184. The van der Waals surface area contributed by atoms with Crippen LogP contribution >= 0.6 is 32.4 Å². The number of rotatable bonds is 11. The van der Waals surface area contributed by atoms with Gasteiger partial charge in [-0.15, -0.1) is 0 Å². The van der Waals surface area contributed by atoms with E-state index in [1.165, 1.54) is 42.4 Å². The fourth-order valence-corrected chi connectivity index (χ4v) is 6.87. The first-order valence-electron chi connectivity index (χ1n) is 16.6. The summed E-state index contributed by atoms with van der Waals surface area (Å²) in [4.78, 5) is 70.4. The molecule has 0 bridgehead atoms. The number of nitro groups is 1. The molecule has 6 rings (SSSR count). The van der Waals surface area contributed by atoms with Crippen LogP contribution in [0.25, 0.3) is 10.9 Å². The van der Waals surface area contributed by atoms with Crippen LogP contribution in [-0.4, -0.2) is 70.0 Å². The topological polar surface area (TPSA) is 164 Å². The van der Waals surface area contributed by atoms with Gasteiger partial charge in [-0.25, -0.2) is 4.39 Å². The SMILES string of the molecule is CN(C(=O)C1CC(F)(P)CN1C(=O)CNC(=O)c1ccnc2ccccc12)c1ccc(COc2ccc(Cl)cc2C(=O)Nc2ccc([N+](=O)[O-])cc2Cl)cc1. The Balaban J connectivity index is 1.08. The number of nitrogens with zero attached hydrogens (tertiary/aromatic N) is 4. The predicted octanol–water partition coefficient (Wildman–Crippen LogP) is 6.82. The highest BCUT2D eigenvalue weighted by molar-refractivity contribution is 7.18. The number of non-ortho nitro benzene ring substituents is 1. The number of hydrogen-bond acceptors (Lipinski definition) is 8. The maximum Gasteiger partial charge on any atom is 0.271 e. The number of likely N-dealkylation sites (tertiary alicyclic amines) is 1. The zero-order chi connectivity index (χ0) is 39.4. The summed E-state index contributed by atoms with van der Waals surface area (Å²) >= 11 is 12.3. The van der Waals surface area contributed by atoms with Gasteiger partial charge >= 0.3 is 0 Å². The highest BCUT2D eigenvalue weighted by atomic mass is 35.5. The minimum Gasteiger partial charge on any atom is -0.488 e. The summed E-state index contributed by atoms with van der Waals surface area (Å²) in [6.45, 7) is -0.779. The number of benzene rings is 4. The van der Waals surface area contributed by atoms with Crippen LogP contribution in [0.4, 0.5) is 21.5 Å². The number of para-hydroxylation sites is 1. The molecule has 2 heterocycles. The van der Waals surface area contributed by atoms with E-state index in [0.717, 1.165) is 11.0 Å². The van der Waals surface area contributed by atoms with Gasteiger partial charge in [-0.3, -0.25) is 34.3 Å². The second-order valence-corrected chi connectivity index (χ2v) is 14.6. The number of ether oxygens (including phenoxy) is 1. The standard InChI is InChI=1S/C38H32Cl2FN6O7P/c1-45(37(51)32-18-38(41,55)21-46(32)34(48)19-43-35(49)27-14-15-42-30-5-3-2-4-26(27)30)24-9-6-22(7-10-24)20-54-33-13-8-23(39)16-28(33)36(50)44-31-12-11-25(47(52)53)17-29(31)40/h2-17,32H,18-21,55H2,1H3,(H,43,49)(H,44,50). The van der Waals surface area contributed by atoms with Gasteiger partial charge in [-0.05, 0) is 54.1 Å². The average molecular weight is 806 g/mol. The van der Waals surface area contributed by atoms with E-state index < -0.39 is 46.5 Å². The third-order valence-corrected chi connectivity index (χ3v) is 9.85. The molecule has 1 aliphatic heterocycles. The van der Waals surface area contributed by atoms with Gasteiger partial charge in [0.05, 0.1) is 45.4 Å². The number of pyridine rings is 1. The third-order valence-electron chi connectivity index (χ3n) is 8.89. The van der Waals surface area contributed by atoms with Gasteiger partial charge in [-0.2, -0.15) is 0 Å². The fourth-order valence-electron chi connectivity index (χ4n) is 6.06. The summed E-state index contributed by atoms with van der Waals surface area (Å²) in [6, 6.07) is 22.3. The molecule has 0 saturated carbocycles. The van der Waals surface area contributed by atoms with E-state index in [1.54, 1.807) is 60.7 Å². The zero-order valence-corrected chi connectivity index (χ0v) is 31.7. The second kappa shape index (κ2) is 16.4. The molecule has 3 unspecified atom stereocenters. The first-order chi connectivity index (χ1) is 26.2. The van der Waals surface area contributed by atoms with Crippen LogP contribution in [0.5, 0.6) is 5.75 Å². The normalized spacial score (nSPS) is 16.4. The number of carbonyl (C=O) groups is 4. The second-order valence-electron chi connectivity index (χ2n) is 12.7. The number of halogens is 3. The van der Waals surface area contributed by atoms with E-state index in [9.17, 15) is 29.3 Å². The Morgan fingerprint density at radius 2 is 1.76 bits per heavy atom. The van der Waals surface area contributed by atoms with E-state index in [1.807, 2.05) is 0 Å². The minimum atomic E-state index is -1.91. The van der Waals surface area contributed by atoms with Gasteiger partial charge < -0.3 is 25.2 Å². The number of alkyl halides is 1. The van der Waals surface area contributed by atoms with Crippen LogP contribution < -0.4 is 20.3 Å². The number of nitro benzene ring substituents is 1. The number of amides is 4. The number of carbonyl (C=O) groups excluding carboxylic acids is 4. The van der Waals surface area contributed by atoms with E-state index >= 15 is 4.39 Å². The van der Waals surface area contributed by atoms with Crippen molar-refractivity contribution in [3.63, 3.8) is 0 Å². The number of hydrogen-bond donors (Lipinski definition) is 2. The molecule has 0 spiro atoms. The Morgan fingerprint density at radius 3 is 2.49 bits per heavy atom. The first-order valence-corrected chi connectivity index (χ1v) is 18.0. The highest BCUT2D eigenvalue weighted by Crippen LogP contribution is 2.37. The maximum absolute atomic E-state index is 15.3. The van der Waals surface area contributed by atoms with Gasteiger partial charge in [0.1, 0.15) is 23.8 Å².